The number of ether oxygens (including phenoxy) is 2. The van der Waals surface area contributed by atoms with Gasteiger partial charge in [-0.05, 0) is 13.8 Å². The highest BCUT2D eigenvalue weighted by Gasteiger charge is 2.32. The van der Waals surface area contributed by atoms with Gasteiger partial charge in [-0.1, -0.05) is 0 Å². The van der Waals surface area contributed by atoms with E-state index in [1.54, 1.807) is 13.8 Å². The summed E-state index contributed by atoms with van der Waals surface area (Å²) in [4.78, 5) is 17.1. The molecule has 0 heterocycles. The third kappa shape index (κ3) is 4.50. The van der Waals surface area contributed by atoms with Gasteiger partial charge < -0.3 is 19.3 Å². The Morgan fingerprint density at radius 1 is 1.27 bits per heavy atom. The van der Waals surface area contributed by atoms with E-state index in [1.807, 2.05) is 0 Å². The highest BCUT2D eigenvalue weighted by Crippen LogP contribution is 2.48. The van der Waals surface area contributed by atoms with E-state index in [1.165, 1.54) is 0 Å². The summed E-state index contributed by atoms with van der Waals surface area (Å²) in [5.41, 5.74) is 0. The third-order valence-corrected chi connectivity index (χ3v) is 1.51. The lowest BCUT2D eigenvalue weighted by molar-refractivity contribution is -0.00696. The molecule has 11 heavy (non-hydrogen) atoms. The Bertz CT molecular complexity index is 136. The first-order chi connectivity index (χ1) is 5.02. The molecule has 5 nitrogen and oxygen atoms in total. The second-order valence-electron chi connectivity index (χ2n) is 1.68. The zero-order chi connectivity index (χ0) is 8.91. The molecular formula is C5H12O5P. The molecule has 0 amide bonds. The normalized spacial score (nSPS) is 12.5. The lowest BCUT2D eigenvalue weighted by Crippen LogP contribution is -2.08. The topological polar surface area (TPSA) is 76.0 Å². The summed E-state index contributed by atoms with van der Waals surface area (Å²) < 4.78 is 19.7. The van der Waals surface area contributed by atoms with Crippen molar-refractivity contribution in [2.45, 2.75) is 13.8 Å². The van der Waals surface area contributed by atoms with Crippen molar-refractivity contribution in [3.05, 3.63) is 6.03 Å². The summed E-state index contributed by atoms with van der Waals surface area (Å²) in [6, 6.07) is -0.595. The fraction of sp³-hybridized carbons (Fsp3) is 0.800. The van der Waals surface area contributed by atoms with Crippen molar-refractivity contribution in [2.75, 3.05) is 13.2 Å². The zero-order valence-corrected chi connectivity index (χ0v) is 7.38. The molecule has 0 unspecified atom stereocenters. The summed E-state index contributed by atoms with van der Waals surface area (Å²) in [7, 11) is -4.34. The molecule has 0 aliphatic heterocycles. The van der Waals surface area contributed by atoms with Gasteiger partial charge in [0.2, 0.25) is 0 Å². The molecule has 0 spiro atoms. The Labute approximate surface area is 65.5 Å². The van der Waals surface area contributed by atoms with Gasteiger partial charge in [0.05, 0.1) is 0 Å². The van der Waals surface area contributed by atoms with Crippen LogP contribution in [-0.2, 0) is 14.0 Å². The average molecular weight is 183 g/mol. The molecule has 0 saturated carbocycles. The van der Waals surface area contributed by atoms with E-state index in [0.29, 0.717) is 0 Å². The van der Waals surface area contributed by atoms with Crippen LogP contribution in [0.3, 0.4) is 0 Å². The van der Waals surface area contributed by atoms with E-state index >= 15 is 0 Å². The van der Waals surface area contributed by atoms with Crippen molar-refractivity contribution in [1.82, 2.24) is 0 Å². The van der Waals surface area contributed by atoms with Gasteiger partial charge in [0, 0.05) is 13.2 Å². The Kier molecular flexibility index (Phi) is 4.88. The van der Waals surface area contributed by atoms with E-state index < -0.39 is 13.6 Å². The van der Waals surface area contributed by atoms with Crippen molar-refractivity contribution in [2.24, 2.45) is 0 Å². The molecule has 0 aromatic rings. The molecule has 0 aliphatic carbocycles. The highest BCUT2D eigenvalue weighted by atomic mass is 31.2. The summed E-state index contributed by atoms with van der Waals surface area (Å²) in [6.07, 6.45) is 0. The number of hydrogen-bond acceptors (Lipinski definition) is 3. The maximum Gasteiger partial charge on any atom is 0.391 e. The van der Waals surface area contributed by atoms with Crippen LogP contribution in [0.25, 0.3) is 0 Å². The SMILES string of the molecule is CCO[C](OCC)P(=O)(O)O. The molecule has 0 aromatic carbocycles. The Balaban J connectivity index is 3.99. The molecule has 2 N–H and O–H groups in total. The van der Waals surface area contributed by atoms with Gasteiger partial charge in [-0.2, -0.15) is 0 Å². The zero-order valence-electron chi connectivity index (χ0n) is 6.48. The van der Waals surface area contributed by atoms with Gasteiger partial charge in [-0.25, -0.2) is 0 Å². The predicted octanol–water partition coefficient (Wildman–Crippen LogP) is 0.684. The molecule has 0 atom stereocenters. The van der Waals surface area contributed by atoms with Gasteiger partial charge in [0.1, 0.15) is 0 Å². The average Bonchev–Trinajstić information content (AvgIpc) is 1.85. The highest BCUT2D eigenvalue weighted by molar-refractivity contribution is 7.54. The molecule has 0 aromatic heterocycles. The number of hydrogen-bond donors (Lipinski definition) is 2. The minimum Gasteiger partial charge on any atom is -0.336 e. The first-order valence-corrected chi connectivity index (χ1v) is 4.82. The van der Waals surface area contributed by atoms with Crippen LogP contribution in [0.15, 0.2) is 0 Å². The van der Waals surface area contributed by atoms with Gasteiger partial charge in [0.15, 0.2) is 0 Å². The maximum absolute atomic E-state index is 10.5. The maximum atomic E-state index is 10.5. The molecule has 0 rings (SSSR count). The summed E-state index contributed by atoms with van der Waals surface area (Å²) in [5.74, 6) is 0. The first-order valence-electron chi connectivity index (χ1n) is 3.21. The molecule has 1 radical (unpaired) electrons. The summed E-state index contributed by atoms with van der Waals surface area (Å²) in [5, 5.41) is 0. The van der Waals surface area contributed by atoms with Crippen molar-refractivity contribution >= 4 is 7.60 Å². The van der Waals surface area contributed by atoms with E-state index in [9.17, 15) is 4.57 Å². The Morgan fingerprint density at radius 3 is 1.82 bits per heavy atom. The van der Waals surface area contributed by atoms with Crippen molar-refractivity contribution in [3.8, 4) is 0 Å². The Hall–Kier alpha value is 0.0700. The van der Waals surface area contributed by atoms with Gasteiger partial charge >= 0.3 is 13.6 Å². The quantitative estimate of drug-likeness (QED) is 0.613. The van der Waals surface area contributed by atoms with Crippen molar-refractivity contribution < 1.29 is 23.8 Å². The summed E-state index contributed by atoms with van der Waals surface area (Å²) in [6.45, 7) is 3.60. The van der Waals surface area contributed by atoms with E-state index in [0.717, 1.165) is 0 Å². The van der Waals surface area contributed by atoms with Gasteiger partial charge in [0.25, 0.3) is 0 Å². The molecular weight excluding hydrogens is 171 g/mol. The lowest BCUT2D eigenvalue weighted by Gasteiger charge is -2.14. The smallest absolute Gasteiger partial charge is 0.336 e. The summed E-state index contributed by atoms with van der Waals surface area (Å²) >= 11 is 0. The van der Waals surface area contributed by atoms with Gasteiger partial charge in [-0.3, -0.25) is 4.57 Å². The predicted molar refractivity (Wildman–Crippen MR) is 38.5 cm³/mol. The van der Waals surface area contributed by atoms with Crippen LogP contribution < -0.4 is 0 Å². The second kappa shape index (κ2) is 4.85. The second-order valence-corrected chi connectivity index (χ2v) is 3.13. The molecule has 0 saturated heterocycles. The minimum absolute atomic E-state index is 0.181. The van der Waals surface area contributed by atoms with Crippen LogP contribution in [0.2, 0.25) is 0 Å². The van der Waals surface area contributed by atoms with Crippen LogP contribution in [-0.4, -0.2) is 23.0 Å². The van der Waals surface area contributed by atoms with E-state index in [-0.39, 0.29) is 13.2 Å². The Morgan fingerprint density at radius 2 is 1.64 bits per heavy atom. The standard InChI is InChI=1S/C5H12O5P/c1-3-9-5(10-4-2)11(6,7)8/h3-4H2,1-2H3,(H2,6,7,8). The fourth-order valence-corrected chi connectivity index (χ4v) is 1.05. The van der Waals surface area contributed by atoms with Crippen molar-refractivity contribution in [1.29, 1.82) is 0 Å². The van der Waals surface area contributed by atoms with Crippen LogP contribution in [0.4, 0.5) is 0 Å². The van der Waals surface area contributed by atoms with Crippen LogP contribution >= 0.6 is 7.60 Å². The van der Waals surface area contributed by atoms with Crippen LogP contribution in [0, 0.1) is 6.03 Å². The monoisotopic (exact) mass is 183 g/mol. The van der Waals surface area contributed by atoms with Gasteiger partial charge in [-0.15, -0.1) is 0 Å². The van der Waals surface area contributed by atoms with E-state index in [2.05, 4.69) is 9.47 Å². The molecule has 0 bridgehead atoms. The van der Waals surface area contributed by atoms with E-state index in [4.69, 9.17) is 9.79 Å². The fourth-order valence-electron chi connectivity index (χ4n) is 0.457. The number of rotatable bonds is 5. The minimum atomic E-state index is -4.34. The lowest BCUT2D eigenvalue weighted by atomic mass is 10.9. The molecule has 0 fully saturated rings. The molecule has 0 aliphatic rings. The third-order valence-electron chi connectivity index (χ3n) is 0.773. The first kappa shape index (κ1) is 11.1. The largest absolute Gasteiger partial charge is 0.391 e. The molecule has 6 heteroatoms. The molecule has 67 valence electrons. The van der Waals surface area contributed by atoms with Crippen LogP contribution in [0.5, 0.6) is 0 Å². The van der Waals surface area contributed by atoms with Crippen molar-refractivity contribution in [3.63, 3.8) is 0 Å². The van der Waals surface area contributed by atoms with Crippen LogP contribution in [0.1, 0.15) is 13.8 Å².